The standard InChI is InChI=1S/C17H26N2O2/c1-12-10-16(19-7-5-4-6-8-19)13(2)9-14(12)11-15(18)17(20)21-3/h9-10,15H,4-8,11,18H2,1-3H3. The van der Waals surface area contributed by atoms with Crippen LogP contribution in [0.25, 0.3) is 0 Å². The number of nitrogens with zero attached hydrogens (tertiary/aromatic N) is 1. The van der Waals surface area contributed by atoms with E-state index in [1.54, 1.807) is 0 Å². The largest absolute Gasteiger partial charge is 0.468 e. The Morgan fingerprint density at radius 2 is 1.90 bits per heavy atom. The van der Waals surface area contributed by atoms with E-state index in [1.165, 1.54) is 43.2 Å². The van der Waals surface area contributed by atoms with E-state index in [2.05, 4.69) is 30.9 Å². The van der Waals surface area contributed by atoms with Gasteiger partial charge in [-0.1, -0.05) is 6.07 Å². The van der Waals surface area contributed by atoms with Crippen molar-refractivity contribution in [3.63, 3.8) is 0 Å². The molecule has 4 heteroatoms. The van der Waals surface area contributed by atoms with Crippen molar-refractivity contribution >= 4 is 11.7 Å². The Kier molecular flexibility index (Phi) is 5.23. The van der Waals surface area contributed by atoms with Gasteiger partial charge in [0.2, 0.25) is 0 Å². The molecule has 2 N–H and O–H groups in total. The van der Waals surface area contributed by atoms with Crippen LogP contribution in [-0.2, 0) is 16.0 Å². The zero-order valence-corrected chi connectivity index (χ0v) is 13.3. The van der Waals surface area contributed by atoms with E-state index in [-0.39, 0.29) is 5.97 Å². The smallest absolute Gasteiger partial charge is 0.322 e. The molecule has 116 valence electrons. The van der Waals surface area contributed by atoms with E-state index < -0.39 is 6.04 Å². The fourth-order valence-corrected chi connectivity index (χ4v) is 3.03. The van der Waals surface area contributed by atoms with Gasteiger partial charge in [0.05, 0.1) is 7.11 Å². The van der Waals surface area contributed by atoms with Crippen molar-refractivity contribution in [2.24, 2.45) is 5.73 Å². The summed E-state index contributed by atoms with van der Waals surface area (Å²) in [5.41, 5.74) is 10.8. The van der Waals surface area contributed by atoms with Gasteiger partial charge in [-0.15, -0.1) is 0 Å². The normalized spacial score (nSPS) is 16.7. The van der Waals surface area contributed by atoms with Crippen molar-refractivity contribution in [2.75, 3.05) is 25.1 Å². The molecule has 1 atom stereocenters. The van der Waals surface area contributed by atoms with Crippen LogP contribution in [0.2, 0.25) is 0 Å². The molecule has 1 aromatic rings. The maximum absolute atomic E-state index is 11.5. The summed E-state index contributed by atoms with van der Waals surface area (Å²) in [6, 6.07) is 3.82. The molecule has 1 saturated heterocycles. The molecule has 1 heterocycles. The minimum absolute atomic E-state index is 0.354. The lowest BCUT2D eigenvalue weighted by atomic mass is 9.97. The molecule has 1 aromatic carbocycles. The number of benzene rings is 1. The third-order valence-electron chi connectivity index (χ3n) is 4.30. The van der Waals surface area contributed by atoms with Gasteiger partial charge in [-0.25, -0.2) is 0 Å². The minimum atomic E-state index is -0.589. The molecule has 2 rings (SSSR count). The fraction of sp³-hybridized carbons (Fsp3) is 0.588. The zero-order chi connectivity index (χ0) is 15.4. The van der Waals surface area contributed by atoms with E-state index in [9.17, 15) is 4.79 Å². The molecule has 21 heavy (non-hydrogen) atoms. The van der Waals surface area contributed by atoms with Crippen molar-refractivity contribution < 1.29 is 9.53 Å². The maximum atomic E-state index is 11.5. The summed E-state index contributed by atoms with van der Waals surface area (Å²) in [7, 11) is 1.37. The van der Waals surface area contributed by atoms with Gasteiger partial charge in [-0.2, -0.15) is 0 Å². The van der Waals surface area contributed by atoms with Gasteiger partial charge in [0.15, 0.2) is 0 Å². The summed E-state index contributed by atoms with van der Waals surface area (Å²) >= 11 is 0. The van der Waals surface area contributed by atoms with Gasteiger partial charge < -0.3 is 15.4 Å². The highest BCUT2D eigenvalue weighted by atomic mass is 16.5. The Balaban J connectivity index is 2.18. The summed E-state index contributed by atoms with van der Waals surface area (Å²) < 4.78 is 4.70. The van der Waals surface area contributed by atoms with Crippen LogP contribution < -0.4 is 10.6 Å². The number of ether oxygens (including phenoxy) is 1. The lowest BCUT2D eigenvalue weighted by Crippen LogP contribution is -2.34. The van der Waals surface area contributed by atoms with Crippen molar-refractivity contribution in [2.45, 2.75) is 45.6 Å². The Morgan fingerprint density at radius 3 is 2.52 bits per heavy atom. The SMILES string of the molecule is COC(=O)C(N)Cc1cc(C)c(N2CCCCC2)cc1C. The summed E-state index contributed by atoms with van der Waals surface area (Å²) in [6.45, 7) is 6.51. The molecule has 0 spiro atoms. The van der Waals surface area contributed by atoms with Crippen LogP contribution in [0.3, 0.4) is 0 Å². The Bertz CT molecular complexity index is 508. The van der Waals surface area contributed by atoms with Gasteiger partial charge in [0.25, 0.3) is 0 Å². The molecule has 1 fully saturated rings. The molecular formula is C17H26N2O2. The van der Waals surface area contributed by atoms with Crippen LogP contribution >= 0.6 is 0 Å². The topological polar surface area (TPSA) is 55.6 Å². The number of carbonyl (C=O) groups excluding carboxylic acids is 1. The molecule has 0 aliphatic carbocycles. The minimum Gasteiger partial charge on any atom is -0.468 e. The predicted molar refractivity (Wildman–Crippen MR) is 85.7 cm³/mol. The first-order valence-corrected chi connectivity index (χ1v) is 7.71. The molecule has 0 aromatic heterocycles. The number of nitrogens with two attached hydrogens (primary N) is 1. The van der Waals surface area contributed by atoms with Crippen LogP contribution in [0, 0.1) is 13.8 Å². The number of anilines is 1. The second-order valence-corrected chi connectivity index (χ2v) is 5.95. The predicted octanol–water partition coefficient (Wildman–Crippen LogP) is 2.34. The summed E-state index contributed by atoms with van der Waals surface area (Å²) in [4.78, 5) is 13.9. The lowest BCUT2D eigenvalue weighted by Gasteiger charge is -2.31. The Morgan fingerprint density at radius 1 is 1.24 bits per heavy atom. The molecule has 0 bridgehead atoms. The number of hydrogen-bond acceptors (Lipinski definition) is 4. The molecule has 0 amide bonds. The van der Waals surface area contributed by atoms with Crippen molar-refractivity contribution in [1.29, 1.82) is 0 Å². The molecule has 0 saturated carbocycles. The highest BCUT2D eigenvalue weighted by molar-refractivity contribution is 5.76. The summed E-state index contributed by atoms with van der Waals surface area (Å²) in [5.74, 6) is -0.354. The third kappa shape index (κ3) is 3.76. The van der Waals surface area contributed by atoms with E-state index in [4.69, 9.17) is 10.5 Å². The zero-order valence-electron chi connectivity index (χ0n) is 13.3. The number of carbonyl (C=O) groups is 1. The second-order valence-electron chi connectivity index (χ2n) is 5.95. The molecule has 1 aliphatic rings. The van der Waals surface area contributed by atoms with Gasteiger partial charge in [0.1, 0.15) is 6.04 Å². The number of hydrogen-bond donors (Lipinski definition) is 1. The number of piperidine rings is 1. The molecule has 0 radical (unpaired) electrons. The monoisotopic (exact) mass is 290 g/mol. The second kappa shape index (κ2) is 6.94. The highest BCUT2D eigenvalue weighted by Gasteiger charge is 2.18. The molecule has 1 unspecified atom stereocenters. The third-order valence-corrected chi connectivity index (χ3v) is 4.30. The van der Waals surface area contributed by atoms with Crippen LogP contribution in [-0.4, -0.2) is 32.2 Å². The maximum Gasteiger partial charge on any atom is 0.322 e. The number of rotatable bonds is 4. The van der Waals surface area contributed by atoms with E-state index in [0.717, 1.165) is 18.7 Å². The Hall–Kier alpha value is -1.55. The van der Waals surface area contributed by atoms with Crippen LogP contribution in [0.1, 0.15) is 36.0 Å². The highest BCUT2D eigenvalue weighted by Crippen LogP contribution is 2.27. The summed E-state index contributed by atoms with van der Waals surface area (Å²) in [5, 5.41) is 0. The summed E-state index contributed by atoms with van der Waals surface area (Å²) in [6.07, 6.45) is 4.40. The number of esters is 1. The van der Waals surface area contributed by atoms with Crippen LogP contribution in [0.15, 0.2) is 12.1 Å². The van der Waals surface area contributed by atoms with Gasteiger partial charge >= 0.3 is 5.97 Å². The van der Waals surface area contributed by atoms with E-state index in [0.29, 0.717) is 6.42 Å². The quantitative estimate of drug-likeness (QED) is 0.865. The average Bonchev–Trinajstić information content (AvgIpc) is 2.50. The van der Waals surface area contributed by atoms with Crippen molar-refractivity contribution in [1.82, 2.24) is 0 Å². The number of aryl methyl sites for hydroxylation is 2. The lowest BCUT2D eigenvalue weighted by molar-refractivity contribution is -0.142. The molecular weight excluding hydrogens is 264 g/mol. The van der Waals surface area contributed by atoms with Gasteiger partial charge in [0, 0.05) is 18.8 Å². The first-order chi connectivity index (χ1) is 10.0. The first kappa shape index (κ1) is 15.8. The van der Waals surface area contributed by atoms with Crippen LogP contribution in [0.5, 0.6) is 0 Å². The Labute approximate surface area is 127 Å². The van der Waals surface area contributed by atoms with E-state index >= 15 is 0 Å². The molecule has 1 aliphatic heterocycles. The van der Waals surface area contributed by atoms with Crippen molar-refractivity contribution in [3.05, 3.63) is 28.8 Å². The number of methoxy groups -OCH3 is 1. The van der Waals surface area contributed by atoms with Gasteiger partial charge in [-0.05, 0) is 62.3 Å². The van der Waals surface area contributed by atoms with Crippen LogP contribution in [0.4, 0.5) is 5.69 Å². The van der Waals surface area contributed by atoms with E-state index in [1.807, 2.05) is 0 Å². The molecule has 4 nitrogen and oxygen atoms in total. The van der Waals surface area contributed by atoms with Crippen molar-refractivity contribution in [3.8, 4) is 0 Å². The van der Waals surface area contributed by atoms with Gasteiger partial charge in [-0.3, -0.25) is 4.79 Å². The fourth-order valence-electron chi connectivity index (χ4n) is 3.03. The average molecular weight is 290 g/mol. The first-order valence-electron chi connectivity index (χ1n) is 7.71.